The van der Waals surface area contributed by atoms with Gasteiger partial charge < -0.3 is 14.7 Å². The summed E-state index contributed by atoms with van der Waals surface area (Å²) < 4.78 is 5.87. The lowest BCUT2D eigenvalue weighted by molar-refractivity contribution is 0.0211. The Balaban J connectivity index is 1.35. The molecule has 2 atom stereocenters. The Kier molecular flexibility index (Phi) is 3.64. The van der Waals surface area contributed by atoms with Crippen LogP contribution in [0.15, 0.2) is 47.0 Å². The molecule has 1 aromatic carbocycles. The molecule has 0 saturated carbocycles. The number of carbonyl (C=O) groups excluding carboxylic acids is 1. The number of furan rings is 1. The third kappa shape index (κ3) is 2.54. The van der Waals surface area contributed by atoms with E-state index in [0.717, 1.165) is 29.6 Å². The SMILES string of the molecule is C[C@H]1[C@H](NC(=O)c2ccc(-c3ccc4cc[nH]c4c3)o2)C2CCN1CC2. The zero-order chi connectivity index (χ0) is 17.7. The molecular weight excluding hydrogens is 326 g/mol. The monoisotopic (exact) mass is 349 g/mol. The summed E-state index contributed by atoms with van der Waals surface area (Å²) in [5.74, 6) is 1.58. The van der Waals surface area contributed by atoms with E-state index in [1.807, 2.05) is 30.5 Å². The van der Waals surface area contributed by atoms with E-state index in [2.05, 4.69) is 28.2 Å². The van der Waals surface area contributed by atoms with E-state index in [9.17, 15) is 4.79 Å². The number of aromatic amines is 1. The number of H-pyrrole nitrogens is 1. The van der Waals surface area contributed by atoms with Gasteiger partial charge in [0.25, 0.3) is 5.91 Å². The number of nitrogens with one attached hydrogen (secondary N) is 2. The number of fused-ring (bicyclic) bond motifs is 4. The van der Waals surface area contributed by atoms with Crippen LogP contribution in [0.2, 0.25) is 0 Å². The van der Waals surface area contributed by atoms with Crippen LogP contribution >= 0.6 is 0 Å². The lowest BCUT2D eigenvalue weighted by Crippen LogP contribution is -2.62. The zero-order valence-electron chi connectivity index (χ0n) is 14.9. The molecule has 3 aromatic rings. The van der Waals surface area contributed by atoms with E-state index < -0.39 is 0 Å². The molecular formula is C21H23N3O2. The van der Waals surface area contributed by atoms with Crippen LogP contribution in [0.1, 0.15) is 30.3 Å². The quantitative estimate of drug-likeness (QED) is 0.759. The first-order valence-electron chi connectivity index (χ1n) is 9.41. The molecule has 2 aromatic heterocycles. The highest BCUT2D eigenvalue weighted by Crippen LogP contribution is 2.32. The third-order valence-corrected chi connectivity index (χ3v) is 6.14. The number of hydrogen-bond donors (Lipinski definition) is 2. The summed E-state index contributed by atoms with van der Waals surface area (Å²) >= 11 is 0. The lowest BCUT2D eigenvalue weighted by atomic mass is 9.79. The molecule has 5 nitrogen and oxygen atoms in total. The minimum atomic E-state index is -0.109. The predicted molar refractivity (Wildman–Crippen MR) is 101 cm³/mol. The van der Waals surface area contributed by atoms with Crippen molar-refractivity contribution >= 4 is 16.8 Å². The minimum Gasteiger partial charge on any atom is -0.451 e. The summed E-state index contributed by atoms with van der Waals surface area (Å²) in [5, 5.41) is 4.39. The van der Waals surface area contributed by atoms with Crippen LogP contribution in [0, 0.1) is 5.92 Å². The third-order valence-electron chi connectivity index (χ3n) is 6.14. The molecule has 134 valence electrons. The van der Waals surface area contributed by atoms with Crippen molar-refractivity contribution in [3.05, 3.63) is 48.4 Å². The van der Waals surface area contributed by atoms with Crippen LogP contribution in [-0.2, 0) is 0 Å². The number of amides is 1. The van der Waals surface area contributed by atoms with Gasteiger partial charge in [0, 0.05) is 29.4 Å². The highest BCUT2D eigenvalue weighted by Gasteiger charge is 2.40. The first-order valence-corrected chi connectivity index (χ1v) is 9.41. The van der Waals surface area contributed by atoms with Gasteiger partial charge in [0.15, 0.2) is 5.76 Å². The van der Waals surface area contributed by atoms with Gasteiger partial charge in [-0.25, -0.2) is 0 Å². The number of benzene rings is 1. The number of hydrogen-bond acceptors (Lipinski definition) is 3. The molecule has 0 spiro atoms. The fourth-order valence-corrected chi connectivity index (χ4v) is 4.58. The molecule has 5 heteroatoms. The number of aromatic nitrogens is 1. The van der Waals surface area contributed by atoms with Crippen molar-refractivity contribution < 1.29 is 9.21 Å². The van der Waals surface area contributed by atoms with Crippen LogP contribution in [0.3, 0.4) is 0 Å². The van der Waals surface area contributed by atoms with Gasteiger partial charge in [-0.1, -0.05) is 12.1 Å². The molecule has 3 fully saturated rings. The molecule has 0 aliphatic carbocycles. The molecule has 1 amide bonds. The molecule has 3 aliphatic rings. The standard InChI is InChI=1S/C21H23N3O2/c1-13-20(15-7-10-24(13)11-8-15)23-21(25)19-5-4-18(26-19)16-3-2-14-6-9-22-17(14)12-16/h2-6,9,12-13,15,20,22H,7-8,10-11H2,1H3,(H,23,25)/t13-,20-/m0/s1. The lowest BCUT2D eigenvalue weighted by Gasteiger charge is -2.49. The normalized spacial score (nSPS) is 27.7. The molecule has 0 unspecified atom stereocenters. The van der Waals surface area contributed by atoms with Crippen LogP contribution in [-0.4, -0.2) is 41.0 Å². The van der Waals surface area contributed by atoms with Crippen molar-refractivity contribution in [1.29, 1.82) is 0 Å². The molecule has 3 saturated heterocycles. The maximum atomic E-state index is 12.7. The van der Waals surface area contributed by atoms with Crippen LogP contribution in [0.4, 0.5) is 0 Å². The fourth-order valence-electron chi connectivity index (χ4n) is 4.58. The van der Waals surface area contributed by atoms with E-state index in [-0.39, 0.29) is 11.9 Å². The second kappa shape index (κ2) is 6.02. The Hall–Kier alpha value is -2.53. The Labute approximate surface area is 152 Å². The van der Waals surface area contributed by atoms with E-state index in [1.165, 1.54) is 12.8 Å². The minimum absolute atomic E-state index is 0.109. The number of piperidine rings is 3. The average Bonchev–Trinajstić information content (AvgIpc) is 3.33. The van der Waals surface area contributed by atoms with Crippen LogP contribution < -0.4 is 5.32 Å². The van der Waals surface area contributed by atoms with Crippen molar-refractivity contribution in [3.63, 3.8) is 0 Å². The second-order valence-corrected chi connectivity index (χ2v) is 7.56. The Morgan fingerprint density at radius 3 is 2.85 bits per heavy atom. The summed E-state index contributed by atoms with van der Waals surface area (Å²) in [5.41, 5.74) is 2.03. The molecule has 5 heterocycles. The molecule has 2 bridgehead atoms. The highest BCUT2D eigenvalue weighted by molar-refractivity contribution is 5.92. The Morgan fingerprint density at radius 2 is 2.04 bits per heavy atom. The van der Waals surface area contributed by atoms with E-state index >= 15 is 0 Å². The van der Waals surface area contributed by atoms with Crippen molar-refractivity contribution in [2.75, 3.05) is 13.1 Å². The van der Waals surface area contributed by atoms with Gasteiger partial charge in [-0.05, 0) is 68.4 Å². The van der Waals surface area contributed by atoms with Gasteiger partial charge in [0.2, 0.25) is 0 Å². The summed E-state index contributed by atoms with van der Waals surface area (Å²) in [6.45, 7) is 4.53. The number of carbonyl (C=O) groups is 1. The van der Waals surface area contributed by atoms with Gasteiger partial charge in [-0.3, -0.25) is 9.69 Å². The molecule has 26 heavy (non-hydrogen) atoms. The topological polar surface area (TPSA) is 61.3 Å². The zero-order valence-corrected chi connectivity index (χ0v) is 14.9. The predicted octanol–water partition coefficient (Wildman–Crippen LogP) is 3.64. The summed E-state index contributed by atoms with van der Waals surface area (Å²) in [4.78, 5) is 18.4. The average molecular weight is 349 g/mol. The van der Waals surface area contributed by atoms with Gasteiger partial charge in [-0.2, -0.15) is 0 Å². The van der Waals surface area contributed by atoms with Gasteiger partial charge in [-0.15, -0.1) is 0 Å². The summed E-state index contributed by atoms with van der Waals surface area (Å²) in [6, 6.07) is 12.4. The van der Waals surface area contributed by atoms with Crippen molar-refractivity contribution in [1.82, 2.24) is 15.2 Å². The van der Waals surface area contributed by atoms with E-state index in [4.69, 9.17) is 4.42 Å². The number of nitrogens with zero attached hydrogens (tertiary/aromatic N) is 1. The van der Waals surface area contributed by atoms with Crippen molar-refractivity contribution in [2.45, 2.75) is 31.8 Å². The van der Waals surface area contributed by atoms with Crippen LogP contribution in [0.25, 0.3) is 22.2 Å². The maximum Gasteiger partial charge on any atom is 0.287 e. The molecule has 2 N–H and O–H groups in total. The molecule has 0 radical (unpaired) electrons. The van der Waals surface area contributed by atoms with E-state index in [1.54, 1.807) is 6.07 Å². The van der Waals surface area contributed by atoms with Crippen molar-refractivity contribution in [2.24, 2.45) is 5.92 Å². The first-order chi connectivity index (χ1) is 12.7. The van der Waals surface area contributed by atoms with Crippen molar-refractivity contribution in [3.8, 4) is 11.3 Å². The first kappa shape index (κ1) is 15.7. The maximum absolute atomic E-state index is 12.7. The van der Waals surface area contributed by atoms with Crippen LogP contribution in [0.5, 0.6) is 0 Å². The van der Waals surface area contributed by atoms with Gasteiger partial charge >= 0.3 is 0 Å². The van der Waals surface area contributed by atoms with E-state index in [0.29, 0.717) is 23.5 Å². The Bertz CT molecular complexity index is 947. The summed E-state index contributed by atoms with van der Waals surface area (Å²) in [6.07, 6.45) is 4.27. The smallest absolute Gasteiger partial charge is 0.287 e. The second-order valence-electron chi connectivity index (χ2n) is 7.56. The largest absolute Gasteiger partial charge is 0.451 e. The molecule has 6 rings (SSSR count). The van der Waals surface area contributed by atoms with Gasteiger partial charge in [0.1, 0.15) is 5.76 Å². The molecule has 3 aliphatic heterocycles. The van der Waals surface area contributed by atoms with Gasteiger partial charge in [0.05, 0.1) is 0 Å². The summed E-state index contributed by atoms with van der Waals surface area (Å²) in [7, 11) is 0. The fraction of sp³-hybridized carbons (Fsp3) is 0.381. The highest BCUT2D eigenvalue weighted by atomic mass is 16.3. The number of rotatable bonds is 3. The Morgan fingerprint density at radius 1 is 1.19 bits per heavy atom.